The fourth-order valence-corrected chi connectivity index (χ4v) is 3.35. The van der Waals surface area contributed by atoms with Crippen LogP contribution in [0, 0.1) is 5.92 Å². The molecule has 0 spiro atoms. The molecule has 0 aromatic rings. The third kappa shape index (κ3) is 1.93. The molecule has 3 nitrogen and oxygen atoms in total. The largest absolute Gasteiger partial charge is 0.379 e. The Morgan fingerprint density at radius 1 is 1.47 bits per heavy atom. The standard InChI is InChI=1S/C12H22N2O/c1-12(4-5-15-8-12)13-7-9-6-10-2-3-11(9)14-10/h9-11,13-14H,2-8H2,1H3. The van der Waals surface area contributed by atoms with Crippen LogP contribution in [0.4, 0.5) is 0 Å². The third-order valence-corrected chi connectivity index (χ3v) is 4.44. The molecule has 3 saturated heterocycles. The van der Waals surface area contributed by atoms with Crippen molar-refractivity contribution in [2.75, 3.05) is 19.8 Å². The first-order chi connectivity index (χ1) is 7.25. The van der Waals surface area contributed by atoms with Gasteiger partial charge in [0.15, 0.2) is 0 Å². The van der Waals surface area contributed by atoms with Crippen LogP contribution in [0.5, 0.6) is 0 Å². The van der Waals surface area contributed by atoms with Gasteiger partial charge in [-0.3, -0.25) is 0 Å². The molecule has 3 heterocycles. The summed E-state index contributed by atoms with van der Waals surface area (Å²) in [5.74, 6) is 0.862. The molecule has 15 heavy (non-hydrogen) atoms. The Kier molecular flexibility index (Phi) is 2.49. The summed E-state index contributed by atoms with van der Waals surface area (Å²) in [6.45, 7) is 5.29. The highest BCUT2D eigenvalue weighted by molar-refractivity contribution is 4.99. The van der Waals surface area contributed by atoms with Crippen LogP contribution in [0.3, 0.4) is 0 Å². The Morgan fingerprint density at radius 2 is 2.40 bits per heavy atom. The SMILES string of the molecule is CC1(NCC2CC3CCC2N3)CCOC1. The third-order valence-electron chi connectivity index (χ3n) is 4.44. The van der Waals surface area contributed by atoms with E-state index in [0.717, 1.165) is 31.2 Å². The van der Waals surface area contributed by atoms with E-state index in [0.29, 0.717) is 0 Å². The van der Waals surface area contributed by atoms with Gasteiger partial charge in [-0.05, 0) is 38.5 Å². The smallest absolute Gasteiger partial charge is 0.0646 e. The molecule has 3 aliphatic rings. The van der Waals surface area contributed by atoms with Crippen molar-refractivity contribution in [3.8, 4) is 0 Å². The molecule has 4 unspecified atom stereocenters. The van der Waals surface area contributed by atoms with E-state index in [-0.39, 0.29) is 5.54 Å². The van der Waals surface area contributed by atoms with Crippen molar-refractivity contribution in [2.45, 2.75) is 50.2 Å². The maximum Gasteiger partial charge on any atom is 0.0646 e. The molecular formula is C12H22N2O. The Morgan fingerprint density at radius 3 is 3.00 bits per heavy atom. The van der Waals surface area contributed by atoms with Gasteiger partial charge in [-0.25, -0.2) is 0 Å². The number of ether oxygens (including phenoxy) is 1. The molecule has 3 heteroatoms. The van der Waals surface area contributed by atoms with Crippen LogP contribution in [0.15, 0.2) is 0 Å². The average Bonchev–Trinajstić information content (AvgIpc) is 2.90. The lowest BCUT2D eigenvalue weighted by molar-refractivity contribution is 0.168. The summed E-state index contributed by atoms with van der Waals surface area (Å²) in [7, 11) is 0. The van der Waals surface area contributed by atoms with Crippen LogP contribution >= 0.6 is 0 Å². The molecule has 0 aliphatic carbocycles. The molecule has 2 N–H and O–H groups in total. The Bertz CT molecular complexity index is 238. The average molecular weight is 210 g/mol. The molecule has 0 aromatic carbocycles. The van der Waals surface area contributed by atoms with Gasteiger partial charge >= 0.3 is 0 Å². The molecule has 0 amide bonds. The van der Waals surface area contributed by atoms with Crippen molar-refractivity contribution in [1.82, 2.24) is 10.6 Å². The van der Waals surface area contributed by atoms with Crippen molar-refractivity contribution in [1.29, 1.82) is 0 Å². The van der Waals surface area contributed by atoms with Crippen molar-refractivity contribution >= 4 is 0 Å². The van der Waals surface area contributed by atoms with E-state index in [1.54, 1.807) is 0 Å². The molecule has 2 bridgehead atoms. The first-order valence-corrected chi connectivity index (χ1v) is 6.34. The van der Waals surface area contributed by atoms with Crippen molar-refractivity contribution < 1.29 is 4.74 Å². The zero-order valence-corrected chi connectivity index (χ0v) is 9.59. The molecule has 3 fully saturated rings. The predicted molar refractivity (Wildman–Crippen MR) is 59.9 cm³/mol. The summed E-state index contributed by atoms with van der Waals surface area (Å²) in [5, 5.41) is 7.41. The lowest BCUT2D eigenvalue weighted by Gasteiger charge is -2.28. The Labute approximate surface area is 91.9 Å². The maximum absolute atomic E-state index is 5.46. The van der Waals surface area contributed by atoms with Gasteiger partial charge in [0.2, 0.25) is 0 Å². The summed E-state index contributed by atoms with van der Waals surface area (Å²) < 4.78 is 5.46. The lowest BCUT2D eigenvalue weighted by atomic mass is 9.88. The summed E-state index contributed by atoms with van der Waals surface area (Å²) in [5.41, 5.74) is 0.252. The highest BCUT2D eigenvalue weighted by Gasteiger charge is 2.40. The minimum absolute atomic E-state index is 0.252. The lowest BCUT2D eigenvalue weighted by Crippen LogP contribution is -2.46. The van der Waals surface area contributed by atoms with Crippen LogP contribution in [0.25, 0.3) is 0 Å². The Balaban J connectivity index is 1.50. The van der Waals surface area contributed by atoms with Gasteiger partial charge in [0.25, 0.3) is 0 Å². The molecule has 3 aliphatic heterocycles. The zero-order valence-electron chi connectivity index (χ0n) is 9.59. The number of hydrogen-bond acceptors (Lipinski definition) is 3. The fourth-order valence-electron chi connectivity index (χ4n) is 3.35. The second kappa shape index (κ2) is 3.72. The number of rotatable bonds is 3. The van der Waals surface area contributed by atoms with Gasteiger partial charge in [0.1, 0.15) is 0 Å². The van der Waals surface area contributed by atoms with Gasteiger partial charge in [0.05, 0.1) is 6.61 Å². The second-order valence-electron chi connectivity index (χ2n) is 5.79. The van der Waals surface area contributed by atoms with Crippen molar-refractivity contribution in [3.05, 3.63) is 0 Å². The van der Waals surface area contributed by atoms with E-state index in [2.05, 4.69) is 17.6 Å². The van der Waals surface area contributed by atoms with E-state index in [9.17, 15) is 0 Å². The van der Waals surface area contributed by atoms with Gasteiger partial charge < -0.3 is 15.4 Å². The van der Waals surface area contributed by atoms with E-state index in [1.165, 1.54) is 32.2 Å². The van der Waals surface area contributed by atoms with E-state index in [4.69, 9.17) is 4.74 Å². The number of nitrogens with one attached hydrogen (secondary N) is 2. The van der Waals surface area contributed by atoms with Crippen LogP contribution in [0.2, 0.25) is 0 Å². The predicted octanol–water partition coefficient (Wildman–Crippen LogP) is 0.895. The molecule has 3 rings (SSSR count). The minimum Gasteiger partial charge on any atom is -0.379 e. The summed E-state index contributed by atoms with van der Waals surface area (Å²) >= 11 is 0. The van der Waals surface area contributed by atoms with Gasteiger partial charge in [-0.15, -0.1) is 0 Å². The fraction of sp³-hybridized carbons (Fsp3) is 1.00. The molecule has 0 radical (unpaired) electrons. The normalized spacial score (nSPS) is 49.0. The highest BCUT2D eigenvalue weighted by atomic mass is 16.5. The quantitative estimate of drug-likeness (QED) is 0.726. The van der Waals surface area contributed by atoms with Crippen molar-refractivity contribution in [3.63, 3.8) is 0 Å². The monoisotopic (exact) mass is 210 g/mol. The van der Waals surface area contributed by atoms with Crippen LogP contribution in [0.1, 0.15) is 32.6 Å². The highest BCUT2D eigenvalue weighted by Crippen LogP contribution is 2.33. The van der Waals surface area contributed by atoms with Crippen molar-refractivity contribution in [2.24, 2.45) is 5.92 Å². The van der Waals surface area contributed by atoms with Gasteiger partial charge in [-0.1, -0.05) is 0 Å². The van der Waals surface area contributed by atoms with E-state index in [1.807, 2.05) is 0 Å². The second-order valence-corrected chi connectivity index (χ2v) is 5.79. The van der Waals surface area contributed by atoms with E-state index < -0.39 is 0 Å². The van der Waals surface area contributed by atoms with Crippen LogP contribution < -0.4 is 10.6 Å². The zero-order chi connectivity index (χ0) is 10.3. The minimum atomic E-state index is 0.252. The summed E-state index contributed by atoms with van der Waals surface area (Å²) in [6.07, 6.45) is 5.35. The maximum atomic E-state index is 5.46. The first kappa shape index (κ1) is 10.1. The molecule has 4 atom stereocenters. The summed E-state index contributed by atoms with van der Waals surface area (Å²) in [4.78, 5) is 0. The number of hydrogen-bond donors (Lipinski definition) is 2. The number of fused-ring (bicyclic) bond motifs is 2. The van der Waals surface area contributed by atoms with Gasteiger partial charge in [0, 0.05) is 30.8 Å². The Hall–Kier alpha value is -0.120. The van der Waals surface area contributed by atoms with Gasteiger partial charge in [-0.2, -0.15) is 0 Å². The molecule has 86 valence electrons. The van der Waals surface area contributed by atoms with E-state index >= 15 is 0 Å². The molecule has 0 saturated carbocycles. The summed E-state index contributed by atoms with van der Waals surface area (Å²) in [6, 6.07) is 1.63. The van der Waals surface area contributed by atoms with Crippen LogP contribution in [-0.4, -0.2) is 37.4 Å². The molecule has 0 aromatic heterocycles. The topological polar surface area (TPSA) is 33.3 Å². The molecular weight excluding hydrogens is 188 g/mol. The first-order valence-electron chi connectivity index (χ1n) is 6.34. The van der Waals surface area contributed by atoms with Crippen LogP contribution in [-0.2, 0) is 4.74 Å².